The van der Waals surface area contributed by atoms with Crippen molar-refractivity contribution in [2.45, 2.75) is 6.10 Å². The van der Waals surface area contributed by atoms with E-state index in [0.717, 1.165) is 6.61 Å². The molecule has 3 nitrogen and oxygen atoms in total. The molecule has 0 unspecified atom stereocenters. The smallest absolute Gasteiger partial charge is 0.104 e. The van der Waals surface area contributed by atoms with Crippen LogP contribution in [0.2, 0.25) is 0 Å². The molecule has 1 saturated heterocycles. The molecule has 0 aromatic heterocycles. The van der Waals surface area contributed by atoms with Crippen LogP contribution in [0.3, 0.4) is 0 Å². The fourth-order valence-corrected chi connectivity index (χ4v) is 0.819. The zero-order chi connectivity index (χ0) is 6.53. The van der Waals surface area contributed by atoms with E-state index in [-0.39, 0.29) is 6.10 Å². The van der Waals surface area contributed by atoms with Crippen LogP contribution in [-0.2, 0) is 14.2 Å². The Morgan fingerprint density at radius 3 is 3.00 bits per heavy atom. The molecule has 0 aromatic rings. The summed E-state index contributed by atoms with van der Waals surface area (Å²) in [4.78, 5) is 0. The van der Waals surface area contributed by atoms with E-state index >= 15 is 0 Å². The van der Waals surface area contributed by atoms with Gasteiger partial charge in [-0.2, -0.15) is 0 Å². The molecular weight excluding hydrogens is 120 g/mol. The van der Waals surface area contributed by atoms with Crippen LogP contribution >= 0.6 is 0 Å². The van der Waals surface area contributed by atoms with Crippen LogP contribution in [0.15, 0.2) is 0 Å². The molecule has 1 atom stereocenters. The van der Waals surface area contributed by atoms with E-state index in [2.05, 4.69) is 0 Å². The first-order valence-electron chi connectivity index (χ1n) is 3.12. The molecule has 0 radical (unpaired) electrons. The van der Waals surface area contributed by atoms with Gasteiger partial charge in [-0.05, 0) is 0 Å². The third-order valence-electron chi connectivity index (χ3n) is 1.24. The van der Waals surface area contributed by atoms with Gasteiger partial charge in [-0.25, -0.2) is 0 Å². The maximum Gasteiger partial charge on any atom is 0.104 e. The average molecular weight is 132 g/mol. The highest BCUT2D eigenvalue weighted by atomic mass is 16.6. The standard InChI is InChI=1S/C6H12O3/c1-7-4-6-5-8-2-3-9-6/h6H,2-5H2,1H3/t6-/m0/s1. The van der Waals surface area contributed by atoms with Crippen LogP contribution in [0.1, 0.15) is 0 Å². The van der Waals surface area contributed by atoms with Gasteiger partial charge in [0.1, 0.15) is 6.10 Å². The molecule has 9 heavy (non-hydrogen) atoms. The predicted molar refractivity (Wildman–Crippen MR) is 32.4 cm³/mol. The SMILES string of the molecule is COC[C@H]1COCCO1. The Morgan fingerprint density at radius 2 is 2.44 bits per heavy atom. The first kappa shape index (κ1) is 6.99. The third kappa shape index (κ3) is 2.30. The van der Waals surface area contributed by atoms with Crippen molar-refractivity contribution in [3.05, 3.63) is 0 Å². The lowest BCUT2D eigenvalue weighted by atomic mass is 10.4. The van der Waals surface area contributed by atoms with Gasteiger partial charge in [0.15, 0.2) is 0 Å². The summed E-state index contributed by atoms with van der Waals surface area (Å²) in [5, 5.41) is 0. The Balaban J connectivity index is 2.08. The van der Waals surface area contributed by atoms with Crippen molar-refractivity contribution in [2.24, 2.45) is 0 Å². The molecule has 0 aliphatic carbocycles. The van der Waals surface area contributed by atoms with Crippen LogP contribution in [-0.4, -0.2) is 39.6 Å². The van der Waals surface area contributed by atoms with E-state index < -0.39 is 0 Å². The molecule has 54 valence electrons. The van der Waals surface area contributed by atoms with Crippen molar-refractivity contribution in [3.8, 4) is 0 Å². The first-order chi connectivity index (χ1) is 4.43. The maximum atomic E-state index is 5.27. The van der Waals surface area contributed by atoms with Crippen molar-refractivity contribution >= 4 is 0 Å². The van der Waals surface area contributed by atoms with Crippen LogP contribution in [0.25, 0.3) is 0 Å². The van der Waals surface area contributed by atoms with Gasteiger partial charge in [0.25, 0.3) is 0 Å². The van der Waals surface area contributed by atoms with E-state index in [1.54, 1.807) is 7.11 Å². The van der Waals surface area contributed by atoms with Gasteiger partial charge in [0.2, 0.25) is 0 Å². The zero-order valence-corrected chi connectivity index (χ0v) is 5.63. The molecular formula is C6H12O3. The second kappa shape index (κ2) is 3.82. The molecule has 0 N–H and O–H groups in total. The Bertz CT molecular complexity index is 65.9. The lowest BCUT2D eigenvalue weighted by Crippen LogP contribution is -2.31. The molecule has 0 aromatic carbocycles. The molecule has 1 rings (SSSR count). The molecule has 0 saturated carbocycles. The van der Waals surface area contributed by atoms with Crippen LogP contribution in [0.4, 0.5) is 0 Å². The van der Waals surface area contributed by atoms with E-state index in [1.807, 2.05) is 0 Å². The Morgan fingerprint density at radius 1 is 1.56 bits per heavy atom. The van der Waals surface area contributed by atoms with Crippen molar-refractivity contribution in [3.63, 3.8) is 0 Å². The summed E-state index contributed by atoms with van der Waals surface area (Å²) in [7, 11) is 1.66. The van der Waals surface area contributed by atoms with Crippen molar-refractivity contribution in [1.29, 1.82) is 0 Å². The molecule has 1 aliphatic rings. The van der Waals surface area contributed by atoms with E-state index in [9.17, 15) is 0 Å². The summed E-state index contributed by atoms with van der Waals surface area (Å²) in [5.41, 5.74) is 0. The normalized spacial score (nSPS) is 28.3. The zero-order valence-electron chi connectivity index (χ0n) is 5.63. The van der Waals surface area contributed by atoms with Crippen molar-refractivity contribution < 1.29 is 14.2 Å². The van der Waals surface area contributed by atoms with Gasteiger partial charge in [0, 0.05) is 7.11 Å². The number of methoxy groups -OCH3 is 1. The monoisotopic (exact) mass is 132 g/mol. The minimum atomic E-state index is 0.156. The number of hydrogen-bond donors (Lipinski definition) is 0. The summed E-state index contributed by atoms with van der Waals surface area (Å²) in [6.45, 7) is 2.74. The third-order valence-corrected chi connectivity index (χ3v) is 1.24. The van der Waals surface area contributed by atoms with Crippen molar-refractivity contribution in [1.82, 2.24) is 0 Å². The van der Waals surface area contributed by atoms with Gasteiger partial charge >= 0.3 is 0 Å². The first-order valence-corrected chi connectivity index (χ1v) is 3.12. The highest BCUT2D eigenvalue weighted by molar-refractivity contribution is 4.58. The van der Waals surface area contributed by atoms with Crippen LogP contribution < -0.4 is 0 Å². The minimum Gasteiger partial charge on any atom is -0.382 e. The Labute approximate surface area is 54.9 Å². The number of ether oxygens (including phenoxy) is 3. The average Bonchev–Trinajstić information content (AvgIpc) is 1.91. The van der Waals surface area contributed by atoms with Gasteiger partial charge in [-0.3, -0.25) is 0 Å². The quantitative estimate of drug-likeness (QED) is 0.531. The molecule has 0 amide bonds. The molecule has 3 heteroatoms. The van der Waals surface area contributed by atoms with E-state index in [4.69, 9.17) is 14.2 Å². The number of hydrogen-bond acceptors (Lipinski definition) is 3. The van der Waals surface area contributed by atoms with Gasteiger partial charge in [-0.1, -0.05) is 0 Å². The van der Waals surface area contributed by atoms with E-state index in [1.165, 1.54) is 0 Å². The summed E-state index contributed by atoms with van der Waals surface area (Å²) < 4.78 is 15.3. The summed E-state index contributed by atoms with van der Waals surface area (Å²) in [6.07, 6.45) is 0.156. The fourth-order valence-electron chi connectivity index (χ4n) is 0.819. The molecule has 0 bridgehead atoms. The topological polar surface area (TPSA) is 27.7 Å². The highest BCUT2D eigenvalue weighted by Crippen LogP contribution is 1.99. The molecule has 1 aliphatic heterocycles. The highest BCUT2D eigenvalue weighted by Gasteiger charge is 2.12. The van der Waals surface area contributed by atoms with Gasteiger partial charge in [-0.15, -0.1) is 0 Å². The largest absolute Gasteiger partial charge is 0.382 e. The van der Waals surface area contributed by atoms with Crippen LogP contribution in [0.5, 0.6) is 0 Å². The number of rotatable bonds is 2. The predicted octanol–water partition coefficient (Wildman–Crippen LogP) is 0.0482. The minimum absolute atomic E-state index is 0.156. The fraction of sp³-hybridized carbons (Fsp3) is 1.00. The van der Waals surface area contributed by atoms with Gasteiger partial charge in [0.05, 0.1) is 26.4 Å². The summed E-state index contributed by atoms with van der Waals surface area (Å²) in [5.74, 6) is 0. The summed E-state index contributed by atoms with van der Waals surface area (Å²) >= 11 is 0. The van der Waals surface area contributed by atoms with Crippen LogP contribution in [0, 0.1) is 0 Å². The lowest BCUT2D eigenvalue weighted by Gasteiger charge is -2.21. The Hall–Kier alpha value is -0.120. The Kier molecular flexibility index (Phi) is 2.97. The van der Waals surface area contributed by atoms with E-state index in [0.29, 0.717) is 19.8 Å². The maximum absolute atomic E-state index is 5.27. The summed E-state index contributed by atoms with van der Waals surface area (Å²) in [6, 6.07) is 0. The lowest BCUT2D eigenvalue weighted by molar-refractivity contribution is -0.110. The second-order valence-corrected chi connectivity index (χ2v) is 2.02. The molecule has 1 fully saturated rings. The van der Waals surface area contributed by atoms with Gasteiger partial charge < -0.3 is 14.2 Å². The molecule has 1 heterocycles. The second-order valence-electron chi connectivity index (χ2n) is 2.02. The molecule has 0 spiro atoms. The van der Waals surface area contributed by atoms with Crippen molar-refractivity contribution in [2.75, 3.05) is 33.5 Å².